The fourth-order valence-electron chi connectivity index (χ4n) is 1.96. The van der Waals surface area contributed by atoms with Crippen molar-refractivity contribution in [3.8, 4) is 0 Å². The maximum Gasteiger partial charge on any atom is 0.240 e. The number of halogens is 1. The first kappa shape index (κ1) is 21.3. The summed E-state index contributed by atoms with van der Waals surface area (Å²) in [7, 11) is -7.39. The van der Waals surface area contributed by atoms with Crippen LogP contribution in [0.15, 0.2) is 34.1 Å². The van der Waals surface area contributed by atoms with Crippen LogP contribution in [0.1, 0.15) is 26.2 Å². The van der Waals surface area contributed by atoms with Gasteiger partial charge in [0.1, 0.15) is 0 Å². The van der Waals surface area contributed by atoms with Gasteiger partial charge in [-0.25, -0.2) is 26.3 Å². The smallest absolute Gasteiger partial charge is 0.240 e. The van der Waals surface area contributed by atoms with E-state index < -0.39 is 20.0 Å². The van der Waals surface area contributed by atoms with E-state index in [1.165, 1.54) is 24.3 Å². The molecule has 7 nitrogen and oxygen atoms in total. The van der Waals surface area contributed by atoms with Crippen molar-refractivity contribution in [3.05, 3.63) is 24.3 Å². The van der Waals surface area contributed by atoms with Crippen molar-refractivity contribution in [3.63, 3.8) is 0 Å². The van der Waals surface area contributed by atoms with Gasteiger partial charge in [-0.15, -0.1) is 12.4 Å². The summed E-state index contributed by atoms with van der Waals surface area (Å²) >= 11 is 0. The molecule has 3 N–H and O–H groups in total. The van der Waals surface area contributed by atoms with E-state index in [-0.39, 0.29) is 34.8 Å². The molecule has 1 saturated carbocycles. The Bertz CT molecular complexity index is 734. The Morgan fingerprint density at radius 1 is 1.00 bits per heavy atom. The minimum atomic E-state index is -3.73. The third-order valence-corrected chi connectivity index (χ3v) is 6.32. The van der Waals surface area contributed by atoms with Crippen LogP contribution in [0, 0.1) is 0 Å². The van der Waals surface area contributed by atoms with Gasteiger partial charge in [0.05, 0.1) is 9.79 Å². The molecule has 0 saturated heterocycles. The second-order valence-electron chi connectivity index (χ2n) is 5.52. The van der Waals surface area contributed by atoms with Crippen molar-refractivity contribution in [1.82, 2.24) is 14.8 Å². The van der Waals surface area contributed by atoms with Crippen molar-refractivity contribution < 1.29 is 16.8 Å². The highest BCUT2D eigenvalue weighted by Gasteiger charge is 2.28. The van der Waals surface area contributed by atoms with Crippen LogP contribution in [-0.4, -0.2) is 42.5 Å². The fourth-order valence-corrected chi connectivity index (χ4v) is 4.46. The van der Waals surface area contributed by atoms with E-state index in [1.54, 1.807) is 0 Å². The first-order chi connectivity index (χ1) is 10.8. The molecule has 1 aromatic carbocycles. The lowest BCUT2D eigenvalue weighted by Crippen LogP contribution is -2.32. The molecule has 1 aliphatic carbocycles. The highest BCUT2D eigenvalue weighted by Crippen LogP contribution is 2.23. The molecule has 0 unspecified atom stereocenters. The fraction of sp³-hybridized carbons (Fsp3) is 0.571. The topological polar surface area (TPSA) is 104 Å². The summed E-state index contributed by atoms with van der Waals surface area (Å²) in [5.74, 6) is 0. The van der Waals surface area contributed by atoms with Gasteiger partial charge in [-0.3, -0.25) is 0 Å². The van der Waals surface area contributed by atoms with Gasteiger partial charge in [0.15, 0.2) is 0 Å². The van der Waals surface area contributed by atoms with Crippen LogP contribution in [0.3, 0.4) is 0 Å². The van der Waals surface area contributed by atoms with Gasteiger partial charge in [0.25, 0.3) is 0 Å². The van der Waals surface area contributed by atoms with E-state index in [9.17, 15) is 16.8 Å². The quantitative estimate of drug-likeness (QED) is 0.507. The molecular formula is C14H24ClN3O4S2. The predicted octanol–water partition coefficient (Wildman–Crippen LogP) is 0.827. The van der Waals surface area contributed by atoms with Gasteiger partial charge < -0.3 is 5.32 Å². The molecule has 138 valence electrons. The van der Waals surface area contributed by atoms with Gasteiger partial charge in [0, 0.05) is 19.1 Å². The molecule has 1 aromatic rings. The zero-order valence-corrected chi connectivity index (χ0v) is 15.9. The number of rotatable bonds is 10. The molecule has 0 spiro atoms. The number of benzene rings is 1. The van der Waals surface area contributed by atoms with Crippen LogP contribution in [0.4, 0.5) is 0 Å². The van der Waals surface area contributed by atoms with E-state index in [4.69, 9.17) is 0 Å². The molecule has 0 amide bonds. The van der Waals surface area contributed by atoms with E-state index in [0.717, 1.165) is 25.8 Å². The number of sulfonamides is 2. The summed E-state index contributed by atoms with van der Waals surface area (Å²) in [6.45, 7) is 3.62. The summed E-state index contributed by atoms with van der Waals surface area (Å²) in [5.41, 5.74) is 0. The Balaban J connectivity index is 0.00000288. The molecule has 10 heteroatoms. The standard InChI is InChI=1S/C14H23N3O4S2.ClH/c1-2-8-15-9-10-16-22(18,19)13-4-3-5-14(11-13)23(20,21)17-12-6-7-12;/h3-5,11-12,15-17H,2,6-10H2,1H3;1H. The van der Waals surface area contributed by atoms with E-state index in [1.807, 2.05) is 6.92 Å². The van der Waals surface area contributed by atoms with Crippen molar-refractivity contribution in [2.45, 2.75) is 42.0 Å². The predicted molar refractivity (Wildman–Crippen MR) is 95.4 cm³/mol. The SMILES string of the molecule is CCCNCCNS(=O)(=O)c1cccc(S(=O)(=O)NC2CC2)c1.Cl. The Hall–Kier alpha value is -0.710. The van der Waals surface area contributed by atoms with Crippen LogP contribution in [0.25, 0.3) is 0 Å². The summed E-state index contributed by atoms with van der Waals surface area (Å²) in [4.78, 5) is -0.0805. The third kappa shape index (κ3) is 6.30. The molecule has 2 rings (SSSR count). The summed E-state index contributed by atoms with van der Waals surface area (Å²) < 4.78 is 53.8. The lowest BCUT2D eigenvalue weighted by molar-refractivity contribution is 0.574. The molecule has 0 radical (unpaired) electrons. The Kier molecular flexibility index (Phi) is 8.10. The van der Waals surface area contributed by atoms with E-state index in [2.05, 4.69) is 14.8 Å². The van der Waals surface area contributed by atoms with Crippen LogP contribution in [-0.2, 0) is 20.0 Å². The maximum atomic E-state index is 12.2. The summed E-state index contributed by atoms with van der Waals surface area (Å²) in [5, 5.41) is 3.09. The molecule has 0 aromatic heterocycles. The number of hydrogen-bond donors (Lipinski definition) is 3. The van der Waals surface area contributed by atoms with Crippen molar-refractivity contribution in [2.24, 2.45) is 0 Å². The van der Waals surface area contributed by atoms with Crippen molar-refractivity contribution in [2.75, 3.05) is 19.6 Å². The van der Waals surface area contributed by atoms with Crippen LogP contribution < -0.4 is 14.8 Å². The lowest BCUT2D eigenvalue weighted by atomic mass is 10.4. The Morgan fingerprint density at radius 2 is 1.62 bits per heavy atom. The monoisotopic (exact) mass is 397 g/mol. The van der Waals surface area contributed by atoms with Gasteiger partial charge in [0.2, 0.25) is 20.0 Å². The second-order valence-corrected chi connectivity index (χ2v) is 9.00. The van der Waals surface area contributed by atoms with E-state index in [0.29, 0.717) is 6.54 Å². The average molecular weight is 398 g/mol. The summed E-state index contributed by atoms with van der Waals surface area (Å²) in [6, 6.07) is 5.38. The molecule has 0 aliphatic heterocycles. The maximum absolute atomic E-state index is 12.2. The van der Waals surface area contributed by atoms with Gasteiger partial charge in [-0.2, -0.15) is 0 Å². The Labute approximate surface area is 150 Å². The summed E-state index contributed by atoms with van der Waals surface area (Å²) in [6.07, 6.45) is 2.62. The lowest BCUT2D eigenvalue weighted by Gasteiger charge is -2.10. The minimum absolute atomic E-state index is 0. The van der Waals surface area contributed by atoms with Crippen LogP contribution in [0.5, 0.6) is 0 Å². The zero-order valence-electron chi connectivity index (χ0n) is 13.5. The van der Waals surface area contributed by atoms with Crippen LogP contribution in [0.2, 0.25) is 0 Å². The first-order valence-electron chi connectivity index (χ1n) is 7.68. The molecule has 0 atom stereocenters. The molecule has 24 heavy (non-hydrogen) atoms. The molecule has 1 fully saturated rings. The molecule has 0 heterocycles. The highest BCUT2D eigenvalue weighted by molar-refractivity contribution is 7.90. The largest absolute Gasteiger partial charge is 0.315 e. The van der Waals surface area contributed by atoms with Crippen molar-refractivity contribution in [1.29, 1.82) is 0 Å². The van der Waals surface area contributed by atoms with Crippen LogP contribution >= 0.6 is 12.4 Å². The number of nitrogens with one attached hydrogen (secondary N) is 3. The van der Waals surface area contributed by atoms with Gasteiger partial charge in [-0.05, 0) is 44.0 Å². The second kappa shape index (κ2) is 9.12. The molecule has 1 aliphatic rings. The van der Waals surface area contributed by atoms with E-state index >= 15 is 0 Å². The molecular weight excluding hydrogens is 374 g/mol. The number of hydrogen-bond acceptors (Lipinski definition) is 5. The molecule has 0 bridgehead atoms. The third-order valence-electron chi connectivity index (χ3n) is 3.35. The first-order valence-corrected chi connectivity index (χ1v) is 10.6. The van der Waals surface area contributed by atoms with Gasteiger partial charge >= 0.3 is 0 Å². The zero-order chi connectivity index (χ0) is 16.9. The van der Waals surface area contributed by atoms with Gasteiger partial charge in [-0.1, -0.05) is 13.0 Å². The average Bonchev–Trinajstić information content (AvgIpc) is 3.30. The van der Waals surface area contributed by atoms with Crippen molar-refractivity contribution >= 4 is 32.5 Å². The normalized spacial score (nSPS) is 15.0. The minimum Gasteiger partial charge on any atom is -0.315 e. The highest BCUT2D eigenvalue weighted by atomic mass is 35.5. The Morgan fingerprint density at radius 3 is 2.21 bits per heavy atom.